The molecule has 1 heterocycles. The molecule has 0 bridgehead atoms. The third-order valence-electron chi connectivity index (χ3n) is 3.51. The standard InChI is InChI=1S/C13H27NO4/c1-16-7-3-5-14(6-9-17-2)10-13(11-15)4-8-18-12-13/h15H,3-12H2,1-2H3. The van der Waals surface area contributed by atoms with Gasteiger partial charge in [0, 0.05) is 52.5 Å². The fourth-order valence-electron chi connectivity index (χ4n) is 2.35. The molecule has 18 heavy (non-hydrogen) atoms. The number of hydrogen-bond acceptors (Lipinski definition) is 5. The zero-order valence-corrected chi connectivity index (χ0v) is 11.7. The first-order valence-corrected chi connectivity index (χ1v) is 6.65. The fraction of sp³-hybridized carbons (Fsp3) is 1.00. The van der Waals surface area contributed by atoms with Gasteiger partial charge in [-0.05, 0) is 12.8 Å². The van der Waals surface area contributed by atoms with Crippen molar-refractivity contribution in [1.29, 1.82) is 0 Å². The lowest BCUT2D eigenvalue weighted by atomic mass is 9.87. The van der Waals surface area contributed by atoms with E-state index in [4.69, 9.17) is 14.2 Å². The molecule has 1 fully saturated rings. The molecular formula is C13H27NO4. The van der Waals surface area contributed by atoms with Crippen LogP contribution in [0.5, 0.6) is 0 Å². The van der Waals surface area contributed by atoms with Crippen LogP contribution in [0.4, 0.5) is 0 Å². The van der Waals surface area contributed by atoms with E-state index in [-0.39, 0.29) is 12.0 Å². The van der Waals surface area contributed by atoms with Gasteiger partial charge in [0.2, 0.25) is 0 Å². The molecule has 0 aliphatic carbocycles. The molecule has 1 atom stereocenters. The molecule has 1 rings (SSSR count). The number of aliphatic hydroxyl groups is 1. The second-order valence-corrected chi connectivity index (χ2v) is 5.08. The van der Waals surface area contributed by atoms with Crippen molar-refractivity contribution in [2.24, 2.45) is 5.41 Å². The molecular weight excluding hydrogens is 234 g/mol. The number of aliphatic hydroxyl groups excluding tert-OH is 1. The molecule has 0 aromatic heterocycles. The number of rotatable bonds is 10. The van der Waals surface area contributed by atoms with Gasteiger partial charge < -0.3 is 24.2 Å². The van der Waals surface area contributed by atoms with Crippen molar-refractivity contribution < 1.29 is 19.3 Å². The van der Waals surface area contributed by atoms with Crippen molar-refractivity contribution in [2.75, 3.05) is 66.9 Å². The highest BCUT2D eigenvalue weighted by Crippen LogP contribution is 2.29. The monoisotopic (exact) mass is 261 g/mol. The maximum Gasteiger partial charge on any atom is 0.0589 e. The van der Waals surface area contributed by atoms with Crippen molar-refractivity contribution in [2.45, 2.75) is 12.8 Å². The van der Waals surface area contributed by atoms with Gasteiger partial charge in [0.15, 0.2) is 0 Å². The summed E-state index contributed by atoms with van der Waals surface area (Å²) in [7, 11) is 3.44. The van der Waals surface area contributed by atoms with E-state index in [0.717, 1.165) is 52.3 Å². The average Bonchev–Trinajstić information content (AvgIpc) is 2.85. The summed E-state index contributed by atoms with van der Waals surface area (Å²) in [6.45, 7) is 5.84. The van der Waals surface area contributed by atoms with Gasteiger partial charge in [-0.25, -0.2) is 0 Å². The van der Waals surface area contributed by atoms with E-state index in [2.05, 4.69) is 4.90 Å². The summed E-state index contributed by atoms with van der Waals surface area (Å²) in [5.41, 5.74) is -0.0825. The van der Waals surface area contributed by atoms with Gasteiger partial charge in [0.25, 0.3) is 0 Å². The Balaban J connectivity index is 2.42. The van der Waals surface area contributed by atoms with E-state index in [1.54, 1.807) is 14.2 Å². The Hall–Kier alpha value is -0.200. The van der Waals surface area contributed by atoms with Gasteiger partial charge >= 0.3 is 0 Å². The van der Waals surface area contributed by atoms with Gasteiger partial charge in [-0.15, -0.1) is 0 Å². The van der Waals surface area contributed by atoms with Crippen LogP contribution in [0, 0.1) is 5.41 Å². The first-order chi connectivity index (χ1) is 8.76. The van der Waals surface area contributed by atoms with E-state index >= 15 is 0 Å². The van der Waals surface area contributed by atoms with E-state index in [1.165, 1.54) is 0 Å². The molecule has 1 unspecified atom stereocenters. The number of methoxy groups -OCH3 is 2. The molecule has 0 aromatic rings. The Morgan fingerprint density at radius 3 is 2.56 bits per heavy atom. The zero-order valence-electron chi connectivity index (χ0n) is 11.7. The van der Waals surface area contributed by atoms with E-state index in [9.17, 15) is 5.11 Å². The topological polar surface area (TPSA) is 51.2 Å². The van der Waals surface area contributed by atoms with Gasteiger partial charge in [-0.3, -0.25) is 0 Å². The summed E-state index contributed by atoms with van der Waals surface area (Å²) in [6, 6.07) is 0. The Labute approximate surface area is 110 Å². The van der Waals surface area contributed by atoms with Crippen LogP contribution in [-0.4, -0.2) is 76.9 Å². The Morgan fingerprint density at radius 1 is 1.22 bits per heavy atom. The van der Waals surface area contributed by atoms with Crippen LogP contribution in [0.25, 0.3) is 0 Å². The van der Waals surface area contributed by atoms with Crippen LogP contribution in [0.3, 0.4) is 0 Å². The second kappa shape index (κ2) is 8.82. The lowest BCUT2D eigenvalue weighted by Crippen LogP contribution is -2.42. The predicted molar refractivity (Wildman–Crippen MR) is 69.8 cm³/mol. The SMILES string of the molecule is COCCCN(CCOC)CC1(CO)CCOC1. The largest absolute Gasteiger partial charge is 0.396 e. The molecule has 0 spiro atoms. The zero-order chi connectivity index (χ0) is 13.3. The average molecular weight is 261 g/mol. The van der Waals surface area contributed by atoms with Crippen molar-refractivity contribution in [3.05, 3.63) is 0 Å². The van der Waals surface area contributed by atoms with Crippen LogP contribution in [-0.2, 0) is 14.2 Å². The van der Waals surface area contributed by atoms with Gasteiger partial charge in [-0.2, -0.15) is 0 Å². The lowest BCUT2D eigenvalue weighted by molar-refractivity contribution is 0.0435. The van der Waals surface area contributed by atoms with E-state index in [1.807, 2.05) is 0 Å². The van der Waals surface area contributed by atoms with Crippen molar-refractivity contribution in [3.8, 4) is 0 Å². The molecule has 1 saturated heterocycles. The van der Waals surface area contributed by atoms with Crippen molar-refractivity contribution in [3.63, 3.8) is 0 Å². The molecule has 0 radical (unpaired) electrons. The highest BCUT2D eigenvalue weighted by Gasteiger charge is 2.35. The number of hydrogen-bond donors (Lipinski definition) is 1. The minimum Gasteiger partial charge on any atom is -0.396 e. The van der Waals surface area contributed by atoms with Crippen LogP contribution < -0.4 is 0 Å². The van der Waals surface area contributed by atoms with Gasteiger partial charge in [0.05, 0.1) is 19.8 Å². The summed E-state index contributed by atoms with van der Waals surface area (Å²) >= 11 is 0. The molecule has 0 amide bonds. The van der Waals surface area contributed by atoms with Crippen LogP contribution in [0.2, 0.25) is 0 Å². The smallest absolute Gasteiger partial charge is 0.0589 e. The Kier molecular flexibility index (Phi) is 7.77. The van der Waals surface area contributed by atoms with E-state index in [0.29, 0.717) is 6.61 Å². The van der Waals surface area contributed by atoms with Gasteiger partial charge in [-0.1, -0.05) is 0 Å². The highest BCUT2D eigenvalue weighted by atomic mass is 16.5. The summed E-state index contributed by atoms with van der Waals surface area (Å²) < 4.78 is 15.7. The Bertz CT molecular complexity index is 207. The first-order valence-electron chi connectivity index (χ1n) is 6.65. The molecule has 1 aliphatic rings. The minimum absolute atomic E-state index is 0.0825. The third-order valence-corrected chi connectivity index (χ3v) is 3.51. The van der Waals surface area contributed by atoms with Crippen LogP contribution in [0.1, 0.15) is 12.8 Å². The molecule has 1 N–H and O–H groups in total. The molecule has 5 nitrogen and oxygen atoms in total. The quantitative estimate of drug-likeness (QED) is 0.576. The fourth-order valence-corrected chi connectivity index (χ4v) is 2.35. The molecule has 0 aromatic carbocycles. The number of ether oxygens (including phenoxy) is 3. The van der Waals surface area contributed by atoms with Crippen molar-refractivity contribution in [1.82, 2.24) is 4.90 Å². The molecule has 1 aliphatic heterocycles. The molecule has 0 saturated carbocycles. The third kappa shape index (κ3) is 5.20. The molecule has 5 heteroatoms. The lowest BCUT2D eigenvalue weighted by Gasteiger charge is -2.32. The summed E-state index contributed by atoms with van der Waals surface area (Å²) in [4.78, 5) is 2.34. The van der Waals surface area contributed by atoms with Gasteiger partial charge in [0.1, 0.15) is 0 Å². The second-order valence-electron chi connectivity index (χ2n) is 5.08. The first kappa shape index (κ1) is 15.9. The van der Waals surface area contributed by atoms with Crippen molar-refractivity contribution >= 4 is 0 Å². The van der Waals surface area contributed by atoms with Crippen LogP contribution >= 0.6 is 0 Å². The van der Waals surface area contributed by atoms with Crippen LogP contribution in [0.15, 0.2) is 0 Å². The minimum atomic E-state index is -0.0825. The number of nitrogens with zero attached hydrogens (tertiary/aromatic N) is 1. The summed E-state index contributed by atoms with van der Waals surface area (Å²) in [6.07, 6.45) is 1.94. The molecule has 108 valence electrons. The highest BCUT2D eigenvalue weighted by molar-refractivity contribution is 4.86. The summed E-state index contributed by atoms with van der Waals surface area (Å²) in [5.74, 6) is 0. The predicted octanol–water partition coefficient (Wildman–Crippen LogP) is 0.370. The summed E-state index contributed by atoms with van der Waals surface area (Å²) in [5, 5.41) is 9.60. The Morgan fingerprint density at radius 2 is 2.00 bits per heavy atom. The van der Waals surface area contributed by atoms with E-state index < -0.39 is 0 Å². The maximum atomic E-state index is 9.60. The maximum absolute atomic E-state index is 9.60. The normalized spacial score (nSPS) is 24.0.